The van der Waals surface area contributed by atoms with Crippen LogP contribution in [-0.4, -0.2) is 31.6 Å². The van der Waals surface area contributed by atoms with Crippen LogP contribution in [-0.2, 0) is 11.3 Å². The number of halogens is 1. The molecule has 0 unspecified atom stereocenters. The lowest BCUT2D eigenvalue weighted by Crippen LogP contribution is -2.30. The minimum absolute atomic E-state index is 0.112. The van der Waals surface area contributed by atoms with Gasteiger partial charge >= 0.3 is 0 Å². The summed E-state index contributed by atoms with van der Waals surface area (Å²) in [6, 6.07) is 6.41. The van der Waals surface area contributed by atoms with Gasteiger partial charge in [0.15, 0.2) is 0 Å². The van der Waals surface area contributed by atoms with Gasteiger partial charge in [-0.25, -0.2) is 0 Å². The van der Waals surface area contributed by atoms with E-state index < -0.39 is 0 Å². The fourth-order valence-corrected chi connectivity index (χ4v) is 2.68. The zero-order valence-corrected chi connectivity index (χ0v) is 12.8. The molecule has 0 radical (unpaired) electrons. The van der Waals surface area contributed by atoms with E-state index in [1.54, 1.807) is 0 Å². The van der Waals surface area contributed by atoms with Gasteiger partial charge < -0.3 is 15.5 Å². The summed E-state index contributed by atoms with van der Waals surface area (Å²) < 4.78 is 0. The van der Waals surface area contributed by atoms with Crippen molar-refractivity contribution in [3.8, 4) is 0 Å². The second kappa shape index (κ2) is 6.95. The first-order valence-corrected chi connectivity index (χ1v) is 7.48. The molecule has 0 saturated carbocycles. The standard InChI is InChI=1S/C15H22ClN3O/c1-11(2)18-10-12-4-3-5-13(16)15(12)19-8-6-14(20)17-7-9-19/h3-5,11,18H,6-10H2,1-2H3,(H,17,20). The van der Waals surface area contributed by atoms with E-state index in [9.17, 15) is 4.79 Å². The Morgan fingerprint density at radius 1 is 1.40 bits per heavy atom. The number of para-hydroxylation sites is 1. The smallest absolute Gasteiger partial charge is 0.221 e. The van der Waals surface area contributed by atoms with Gasteiger partial charge in [-0.1, -0.05) is 37.6 Å². The van der Waals surface area contributed by atoms with Gasteiger partial charge in [0.05, 0.1) is 10.7 Å². The molecule has 0 atom stereocenters. The number of carbonyl (C=O) groups excluding carboxylic acids is 1. The highest BCUT2D eigenvalue weighted by Gasteiger charge is 2.18. The SMILES string of the molecule is CC(C)NCc1cccc(Cl)c1N1CCNC(=O)CC1. The van der Waals surface area contributed by atoms with Crippen LogP contribution in [0.5, 0.6) is 0 Å². The Morgan fingerprint density at radius 2 is 2.20 bits per heavy atom. The predicted octanol–water partition coefficient (Wildman–Crippen LogP) is 2.16. The van der Waals surface area contributed by atoms with Crippen LogP contribution < -0.4 is 15.5 Å². The van der Waals surface area contributed by atoms with E-state index in [2.05, 4.69) is 35.4 Å². The first-order chi connectivity index (χ1) is 9.58. The van der Waals surface area contributed by atoms with E-state index in [0.29, 0.717) is 25.6 Å². The summed E-state index contributed by atoms with van der Waals surface area (Å²) in [6.45, 7) is 7.21. The Bertz CT molecular complexity index is 476. The highest BCUT2D eigenvalue weighted by Crippen LogP contribution is 2.30. The van der Waals surface area contributed by atoms with Gasteiger partial charge in [0, 0.05) is 38.6 Å². The Labute approximate surface area is 125 Å². The normalized spacial score (nSPS) is 16.2. The summed E-state index contributed by atoms with van der Waals surface area (Å²) in [4.78, 5) is 13.7. The molecule has 1 amide bonds. The molecule has 1 aliphatic heterocycles. The zero-order valence-electron chi connectivity index (χ0n) is 12.1. The van der Waals surface area contributed by atoms with Gasteiger partial charge in [-0.3, -0.25) is 4.79 Å². The minimum atomic E-state index is 0.112. The molecule has 0 spiro atoms. The number of anilines is 1. The van der Waals surface area contributed by atoms with Gasteiger partial charge in [0.1, 0.15) is 0 Å². The fraction of sp³-hybridized carbons (Fsp3) is 0.533. The molecule has 2 N–H and O–H groups in total. The average molecular weight is 296 g/mol. The lowest BCUT2D eigenvalue weighted by molar-refractivity contribution is -0.120. The number of hydrogen-bond donors (Lipinski definition) is 2. The molecule has 4 nitrogen and oxygen atoms in total. The molecule has 2 rings (SSSR count). The van der Waals surface area contributed by atoms with E-state index in [1.807, 2.05) is 12.1 Å². The Hall–Kier alpha value is -1.26. The van der Waals surface area contributed by atoms with Crippen LogP contribution in [0.3, 0.4) is 0 Å². The van der Waals surface area contributed by atoms with E-state index in [-0.39, 0.29) is 5.91 Å². The monoisotopic (exact) mass is 295 g/mol. The van der Waals surface area contributed by atoms with Crippen LogP contribution in [0.2, 0.25) is 5.02 Å². The van der Waals surface area contributed by atoms with Crippen LogP contribution in [0.15, 0.2) is 18.2 Å². The third-order valence-corrected chi connectivity index (χ3v) is 3.71. The van der Waals surface area contributed by atoms with Crippen molar-refractivity contribution < 1.29 is 4.79 Å². The molecular weight excluding hydrogens is 274 g/mol. The highest BCUT2D eigenvalue weighted by atomic mass is 35.5. The van der Waals surface area contributed by atoms with Gasteiger partial charge in [-0.05, 0) is 11.6 Å². The zero-order chi connectivity index (χ0) is 14.5. The second-order valence-corrected chi connectivity index (χ2v) is 5.78. The fourth-order valence-electron chi connectivity index (χ4n) is 2.36. The topological polar surface area (TPSA) is 44.4 Å². The Balaban J connectivity index is 2.22. The van der Waals surface area contributed by atoms with Crippen molar-refractivity contribution >= 4 is 23.2 Å². The number of amides is 1. The van der Waals surface area contributed by atoms with Gasteiger partial charge in [0.2, 0.25) is 5.91 Å². The highest BCUT2D eigenvalue weighted by molar-refractivity contribution is 6.33. The summed E-state index contributed by atoms with van der Waals surface area (Å²) in [7, 11) is 0. The minimum Gasteiger partial charge on any atom is -0.368 e. The molecule has 0 aliphatic carbocycles. The molecule has 0 bridgehead atoms. The summed E-state index contributed by atoms with van der Waals surface area (Å²) in [5, 5.41) is 7.07. The lowest BCUT2D eigenvalue weighted by Gasteiger charge is -2.26. The molecule has 20 heavy (non-hydrogen) atoms. The number of rotatable bonds is 4. The predicted molar refractivity (Wildman–Crippen MR) is 83.3 cm³/mol. The maximum Gasteiger partial charge on any atom is 0.221 e. The van der Waals surface area contributed by atoms with E-state index in [4.69, 9.17) is 11.6 Å². The van der Waals surface area contributed by atoms with Crippen LogP contribution in [0, 0.1) is 0 Å². The third-order valence-electron chi connectivity index (χ3n) is 3.40. The van der Waals surface area contributed by atoms with Crippen LogP contribution in [0.25, 0.3) is 0 Å². The summed E-state index contributed by atoms with van der Waals surface area (Å²) >= 11 is 6.39. The molecule has 1 saturated heterocycles. The van der Waals surface area contributed by atoms with Crippen LogP contribution >= 0.6 is 11.6 Å². The molecule has 1 aromatic carbocycles. The van der Waals surface area contributed by atoms with Crippen LogP contribution in [0.4, 0.5) is 5.69 Å². The largest absolute Gasteiger partial charge is 0.368 e. The summed E-state index contributed by atoms with van der Waals surface area (Å²) in [6.07, 6.45) is 0.516. The molecule has 1 aliphatic rings. The maximum atomic E-state index is 11.5. The third kappa shape index (κ3) is 3.87. The molecule has 0 aromatic heterocycles. The Morgan fingerprint density at radius 3 is 2.95 bits per heavy atom. The van der Waals surface area contributed by atoms with Crippen molar-refractivity contribution in [1.82, 2.24) is 10.6 Å². The van der Waals surface area contributed by atoms with E-state index in [1.165, 1.54) is 5.56 Å². The van der Waals surface area contributed by atoms with Crippen molar-refractivity contribution in [1.29, 1.82) is 0 Å². The molecule has 1 aromatic rings. The maximum absolute atomic E-state index is 11.5. The van der Waals surface area contributed by atoms with Crippen molar-refractivity contribution in [3.05, 3.63) is 28.8 Å². The van der Waals surface area contributed by atoms with Crippen LogP contribution in [0.1, 0.15) is 25.8 Å². The molecular formula is C15H22ClN3O. The number of hydrogen-bond acceptors (Lipinski definition) is 3. The molecule has 110 valence electrons. The second-order valence-electron chi connectivity index (χ2n) is 5.37. The van der Waals surface area contributed by atoms with Gasteiger partial charge in [0.25, 0.3) is 0 Å². The summed E-state index contributed by atoms with van der Waals surface area (Å²) in [5.41, 5.74) is 2.24. The average Bonchev–Trinajstić information content (AvgIpc) is 2.61. The first-order valence-electron chi connectivity index (χ1n) is 7.10. The van der Waals surface area contributed by atoms with Crippen molar-refractivity contribution in [2.24, 2.45) is 0 Å². The van der Waals surface area contributed by atoms with E-state index >= 15 is 0 Å². The summed E-state index contributed by atoms with van der Waals surface area (Å²) in [5.74, 6) is 0.112. The van der Waals surface area contributed by atoms with Gasteiger partial charge in [-0.2, -0.15) is 0 Å². The quantitative estimate of drug-likeness (QED) is 0.895. The molecule has 5 heteroatoms. The molecule has 1 heterocycles. The van der Waals surface area contributed by atoms with Crippen molar-refractivity contribution in [3.63, 3.8) is 0 Å². The Kier molecular flexibility index (Phi) is 5.26. The molecule has 1 fully saturated rings. The number of carbonyl (C=O) groups is 1. The van der Waals surface area contributed by atoms with Crippen molar-refractivity contribution in [2.75, 3.05) is 24.5 Å². The van der Waals surface area contributed by atoms with Crippen molar-refractivity contribution in [2.45, 2.75) is 32.9 Å². The lowest BCUT2D eigenvalue weighted by atomic mass is 10.1. The number of nitrogens with one attached hydrogen (secondary N) is 2. The number of benzene rings is 1. The first kappa shape index (κ1) is 15.1. The van der Waals surface area contributed by atoms with Gasteiger partial charge in [-0.15, -0.1) is 0 Å². The number of nitrogens with zero attached hydrogens (tertiary/aromatic N) is 1. The van der Waals surface area contributed by atoms with E-state index in [0.717, 1.165) is 23.8 Å².